The van der Waals surface area contributed by atoms with Crippen molar-refractivity contribution in [3.63, 3.8) is 0 Å². The molecule has 11 heteroatoms. The Bertz CT molecular complexity index is 515. The zero-order chi connectivity index (χ0) is 21.2. The highest BCUT2D eigenvalue weighted by Gasteiger charge is 2.51. The van der Waals surface area contributed by atoms with Crippen molar-refractivity contribution in [3.8, 4) is 0 Å². The number of hydrogen-bond acceptors (Lipinski definition) is 11. The molecule has 0 aromatic heterocycles. The van der Waals surface area contributed by atoms with Gasteiger partial charge in [0.25, 0.3) is 0 Å². The highest BCUT2D eigenvalue weighted by Crippen LogP contribution is 2.30. The van der Waals surface area contributed by atoms with E-state index in [4.69, 9.17) is 24.1 Å². The van der Waals surface area contributed by atoms with Crippen LogP contribution in [0.4, 0.5) is 0 Å². The van der Waals surface area contributed by atoms with Gasteiger partial charge in [-0.15, -0.1) is 0 Å². The summed E-state index contributed by atoms with van der Waals surface area (Å²) in [5.41, 5.74) is 0. The van der Waals surface area contributed by atoms with Crippen LogP contribution in [0.15, 0.2) is 0 Å². The van der Waals surface area contributed by atoms with E-state index in [9.17, 15) is 30.3 Å². The third-order valence-electron chi connectivity index (χ3n) is 5.22. The Hall–Kier alpha value is -0.890. The minimum absolute atomic E-state index is 0.0292. The van der Waals surface area contributed by atoms with Crippen molar-refractivity contribution in [2.75, 3.05) is 13.2 Å². The van der Waals surface area contributed by atoms with Crippen LogP contribution in [0, 0.1) is 11.8 Å². The Kier molecular flexibility index (Phi) is 8.14. The standard InChI is InChI=1S/C17H30O11/c1-6(2)7(3)15(24)28-17-13(23)14(11(21)9(5-19)26-17)27-16-12(22)10(20)8(4-18)25-16/h6-14,16-23H,4-5H2,1-3H3/t7-,8-,9-,10+,11+,12+,13+,14+,16+,17-/m0/s1. The maximum atomic E-state index is 12.2. The van der Waals surface area contributed by atoms with E-state index >= 15 is 0 Å². The number of aliphatic hydroxyl groups is 6. The molecule has 2 rings (SSSR count). The van der Waals surface area contributed by atoms with E-state index in [1.165, 1.54) is 0 Å². The van der Waals surface area contributed by atoms with Gasteiger partial charge in [0.1, 0.15) is 42.7 Å². The van der Waals surface area contributed by atoms with E-state index in [-0.39, 0.29) is 5.92 Å². The van der Waals surface area contributed by atoms with Gasteiger partial charge in [-0.25, -0.2) is 0 Å². The molecule has 2 saturated heterocycles. The lowest BCUT2D eigenvalue weighted by Gasteiger charge is -2.42. The molecule has 2 aliphatic rings. The van der Waals surface area contributed by atoms with Crippen molar-refractivity contribution >= 4 is 5.97 Å². The molecule has 164 valence electrons. The van der Waals surface area contributed by atoms with Gasteiger partial charge in [-0.3, -0.25) is 4.79 Å². The molecule has 2 heterocycles. The third kappa shape index (κ3) is 4.81. The first-order valence-corrected chi connectivity index (χ1v) is 9.23. The average molecular weight is 410 g/mol. The lowest BCUT2D eigenvalue weighted by molar-refractivity contribution is -0.324. The fraction of sp³-hybridized carbons (Fsp3) is 0.941. The van der Waals surface area contributed by atoms with Gasteiger partial charge >= 0.3 is 5.97 Å². The molecule has 11 nitrogen and oxygen atoms in total. The van der Waals surface area contributed by atoms with Crippen LogP contribution in [-0.2, 0) is 23.7 Å². The average Bonchev–Trinajstić information content (AvgIpc) is 2.94. The van der Waals surface area contributed by atoms with E-state index in [0.717, 1.165) is 0 Å². The van der Waals surface area contributed by atoms with Crippen LogP contribution in [0.5, 0.6) is 0 Å². The van der Waals surface area contributed by atoms with Crippen molar-refractivity contribution in [3.05, 3.63) is 0 Å². The monoisotopic (exact) mass is 410 g/mol. The number of carbonyl (C=O) groups excluding carboxylic acids is 1. The second kappa shape index (κ2) is 9.74. The molecule has 28 heavy (non-hydrogen) atoms. The molecule has 2 fully saturated rings. The molecule has 0 amide bonds. The highest BCUT2D eigenvalue weighted by molar-refractivity contribution is 5.72. The fourth-order valence-corrected chi connectivity index (χ4v) is 2.94. The van der Waals surface area contributed by atoms with Gasteiger partial charge < -0.3 is 49.6 Å². The molecule has 6 N–H and O–H groups in total. The first kappa shape index (κ1) is 23.4. The summed E-state index contributed by atoms with van der Waals surface area (Å²) in [5.74, 6) is -1.16. The zero-order valence-corrected chi connectivity index (χ0v) is 16.0. The Balaban J connectivity index is 2.12. The number of carbonyl (C=O) groups is 1. The molecule has 0 aromatic rings. The van der Waals surface area contributed by atoms with Gasteiger partial charge in [0.05, 0.1) is 19.1 Å². The van der Waals surface area contributed by atoms with Crippen LogP contribution in [0.1, 0.15) is 20.8 Å². The van der Waals surface area contributed by atoms with E-state index in [2.05, 4.69) is 0 Å². The fourth-order valence-electron chi connectivity index (χ4n) is 2.94. The minimum Gasteiger partial charge on any atom is -0.433 e. The maximum Gasteiger partial charge on any atom is 0.311 e. The molecule has 0 spiro atoms. The van der Waals surface area contributed by atoms with E-state index in [1.54, 1.807) is 6.92 Å². The normalized spacial score (nSPS) is 42.6. The largest absolute Gasteiger partial charge is 0.433 e. The van der Waals surface area contributed by atoms with Gasteiger partial charge in [0.15, 0.2) is 6.29 Å². The summed E-state index contributed by atoms with van der Waals surface area (Å²) in [6, 6.07) is 0. The van der Waals surface area contributed by atoms with E-state index < -0.39 is 80.4 Å². The van der Waals surface area contributed by atoms with Gasteiger partial charge in [-0.05, 0) is 5.92 Å². The molecule has 0 unspecified atom stereocenters. The van der Waals surface area contributed by atoms with Gasteiger partial charge in [-0.1, -0.05) is 20.8 Å². The molecular formula is C17H30O11. The van der Waals surface area contributed by atoms with Gasteiger partial charge in [0, 0.05) is 0 Å². The summed E-state index contributed by atoms with van der Waals surface area (Å²) in [4.78, 5) is 12.2. The second-order valence-electron chi connectivity index (χ2n) is 7.48. The third-order valence-corrected chi connectivity index (χ3v) is 5.22. The minimum atomic E-state index is -1.66. The lowest BCUT2D eigenvalue weighted by atomic mass is 9.97. The second-order valence-corrected chi connectivity index (χ2v) is 7.48. The molecule has 0 radical (unpaired) electrons. The first-order valence-electron chi connectivity index (χ1n) is 9.23. The number of hydrogen-bond donors (Lipinski definition) is 6. The molecule has 0 saturated carbocycles. The van der Waals surface area contributed by atoms with Crippen molar-refractivity contribution in [1.82, 2.24) is 0 Å². The summed E-state index contributed by atoms with van der Waals surface area (Å²) in [7, 11) is 0. The van der Waals surface area contributed by atoms with E-state index in [1.807, 2.05) is 13.8 Å². The zero-order valence-electron chi connectivity index (χ0n) is 16.0. The Labute approximate surface area is 162 Å². The summed E-state index contributed by atoms with van der Waals surface area (Å²) in [5, 5.41) is 59.2. The molecule has 0 aromatic carbocycles. The molecule has 10 atom stereocenters. The summed E-state index contributed by atoms with van der Waals surface area (Å²) >= 11 is 0. The maximum absolute atomic E-state index is 12.2. The molecular weight excluding hydrogens is 380 g/mol. The topological polar surface area (TPSA) is 175 Å². The van der Waals surface area contributed by atoms with Crippen molar-refractivity contribution in [2.45, 2.75) is 76.1 Å². The number of aliphatic hydroxyl groups excluding tert-OH is 6. The quantitative estimate of drug-likeness (QED) is 0.237. The molecule has 0 aliphatic carbocycles. The summed E-state index contributed by atoms with van der Waals surface area (Å²) < 4.78 is 21.1. The number of rotatable bonds is 7. The van der Waals surface area contributed by atoms with Crippen molar-refractivity contribution in [2.24, 2.45) is 11.8 Å². The molecule has 0 bridgehead atoms. The van der Waals surface area contributed by atoms with Gasteiger partial charge in [0.2, 0.25) is 6.29 Å². The SMILES string of the molecule is CC(C)[C@H](C)C(=O)O[C@@H]1O[C@@H](CO)[C@@H](O)[C@@H](O[C@H]2O[C@@H](CO)[C@@H](O)[C@H]2O)[C@H]1O. The Morgan fingerprint density at radius 2 is 1.39 bits per heavy atom. The predicted octanol–water partition coefficient (Wildman–Crippen LogP) is -2.92. The van der Waals surface area contributed by atoms with Gasteiger partial charge in [-0.2, -0.15) is 0 Å². The van der Waals surface area contributed by atoms with Crippen LogP contribution >= 0.6 is 0 Å². The lowest BCUT2D eigenvalue weighted by Crippen LogP contribution is -2.61. The first-order chi connectivity index (χ1) is 13.1. The van der Waals surface area contributed by atoms with Crippen LogP contribution in [-0.4, -0.2) is 105 Å². The van der Waals surface area contributed by atoms with Crippen LogP contribution in [0.25, 0.3) is 0 Å². The van der Waals surface area contributed by atoms with E-state index in [0.29, 0.717) is 0 Å². The van der Waals surface area contributed by atoms with Crippen LogP contribution in [0.3, 0.4) is 0 Å². The smallest absolute Gasteiger partial charge is 0.311 e. The van der Waals surface area contributed by atoms with Crippen LogP contribution in [0.2, 0.25) is 0 Å². The molecule has 2 aliphatic heterocycles. The van der Waals surface area contributed by atoms with Crippen molar-refractivity contribution < 1.29 is 54.4 Å². The number of esters is 1. The number of ether oxygens (including phenoxy) is 4. The highest BCUT2D eigenvalue weighted by atomic mass is 16.7. The van der Waals surface area contributed by atoms with Crippen LogP contribution < -0.4 is 0 Å². The summed E-state index contributed by atoms with van der Waals surface area (Å²) in [6.07, 6.45) is -13.0. The Morgan fingerprint density at radius 3 is 1.89 bits per heavy atom. The van der Waals surface area contributed by atoms with Crippen molar-refractivity contribution in [1.29, 1.82) is 0 Å². The summed E-state index contributed by atoms with van der Waals surface area (Å²) in [6.45, 7) is 4.05. The Morgan fingerprint density at radius 1 is 0.857 bits per heavy atom. The predicted molar refractivity (Wildman–Crippen MR) is 90.5 cm³/mol.